The Kier molecular flexibility index (Phi) is 8.56. The second kappa shape index (κ2) is 11.1. The second-order valence-electron chi connectivity index (χ2n) is 10.3. The summed E-state index contributed by atoms with van der Waals surface area (Å²) >= 11 is 0. The molecule has 1 amide bonds. The van der Waals surface area contributed by atoms with Gasteiger partial charge in [0.15, 0.2) is 0 Å². The van der Waals surface area contributed by atoms with Crippen molar-refractivity contribution in [3.05, 3.63) is 41.5 Å². The molecule has 0 atom stereocenters. The number of ether oxygens (including phenoxy) is 1. The van der Waals surface area contributed by atoms with E-state index < -0.39 is 27.5 Å². The van der Waals surface area contributed by atoms with E-state index in [0.29, 0.717) is 17.5 Å². The maximum atomic E-state index is 13.9. The number of hydrogen-bond donors (Lipinski definition) is 2. The maximum Gasteiger partial charge on any atom is 0.410 e. The van der Waals surface area contributed by atoms with E-state index in [0.717, 1.165) is 24.8 Å². The molecule has 0 spiro atoms. The number of aryl methyl sites for hydroxylation is 2. The fourth-order valence-electron chi connectivity index (χ4n) is 4.38. The highest BCUT2D eigenvalue weighted by molar-refractivity contribution is 7.89. The van der Waals surface area contributed by atoms with Crippen molar-refractivity contribution in [3.63, 3.8) is 0 Å². The topological polar surface area (TPSA) is 107 Å². The van der Waals surface area contributed by atoms with Gasteiger partial charge in [0.25, 0.3) is 0 Å². The van der Waals surface area contributed by atoms with Crippen LogP contribution in [0.25, 0.3) is 11.1 Å². The molecule has 0 aliphatic carbocycles. The van der Waals surface area contributed by atoms with Crippen molar-refractivity contribution >= 4 is 16.1 Å². The monoisotopic (exact) mass is 518 g/mol. The van der Waals surface area contributed by atoms with Crippen LogP contribution in [-0.4, -0.2) is 65.7 Å². The van der Waals surface area contributed by atoms with Gasteiger partial charge in [-0.3, -0.25) is 0 Å². The van der Waals surface area contributed by atoms with E-state index in [4.69, 9.17) is 4.74 Å². The van der Waals surface area contributed by atoms with Crippen molar-refractivity contribution in [1.82, 2.24) is 9.21 Å². The number of phenolic OH excluding ortho intramolecular Hbond substituents is 2. The van der Waals surface area contributed by atoms with Crippen LogP contribution in [0.2, 0.25) is 0 Å². The maximum absolute atomic E-state index is 13.9. The molecule has 3 rings (SSSR count). The molecule has 1 saturated heterocycles. The average molecular weight is 519 g/mol. The number of carbonyl (C=O) groups excluding carboxylic acids is 1. The van der Waals surface area contributed by atoms with Gasteiger partial charge in [-0.05, 0) is 57.7 Å². The molecule has 2 aromatic rings. The molecule has 0 bridgehead atoms. The van der Waals surface area contributed by atoms with E-state index in [-0.39, 0.29) is 42.4 Å². The summed E-state index contributed by atoms with van der Waals surface area (Å²) < 4.78 is 34.5. The Bertz CT molecular complexity index is 1200. The van der Waals surface area contributed by atoms with Gasteiger partial charge in [0, 0.05) is 26.2 Å². The fourth-order valence-corrected chi connectivity index (χ4v) is 6.12. The molecule has 0 unspecified atom stereocenters. The molecule has 198 valence electrons. The third kappa shape index (κ3) is 6.31. The minimum atomic E-state index is -4.11. The van der Waals surface area contributed by atoms with Crippen LogP contribution in [0.5, 0.6) is 11.5 Å². The molecular formula is C27H38N2O6S. The van der Waals surface area contributed by atoms with Gasteiger partial charge in [-0.2, -0.15) is 4.31 Å². The van der Waals surface area contributed by atoms with Crippen LogP contribution in [0.15, 0.2) is 35.2 Å². The number of amides is 1. The van der Waals surface area contributed by atoms with Crippen LogP contribution >= 0.6 is 0 Å². The summed E-state index contributed by atoms with van der Waals surface area (Å²) in [4.78, 5) is 13.8. The number of piperazine rings is 1. The minimum absolute atomic E-state index is 0.0794. The summed E-state index contributed by atoms with van der Waals surface area (Å²) in [5.41, 5.74) is 1.31. The standard InChI is InChI=1S/C27H38N2O6S/c1-6-7-8-11-21-18-22(30)23(20-12-9-10-19(2)17-20)24(31)25(21)36(33,34)29-15-13-28(14-16-29)26(32)35-27(3,4)5/h9-10,12,17-18,30-31H,6-8,11,13-16H2,1-5H3. The molecule has 1 aliphatic heterocycles. The zero-order valence-electron chi connectivity index (χ0n) is 21.9. The molecule has 2 aromatic carbocycles. The molecule has 8 nitrogen and oxygen atoms in total. The highest BCUT2D eigenvalue weighted by atomic mass is 32.2. The molecule has 0 saturated carbocycles. The van der Waals surface area contributed by atoms with Gasteiger partial charge in [-0.1, -0.05) is 49.6 Å². The van der Waals surface area contributed by atoms with E-state index in [9.17, 15) is 23.4 Å². The molecule has 36 heavy (non-hydrogen) atoms. The Balaban J connectivity index is 1.98. The molecular weight excluding hydrogens is 480 g/mol. The summed E-state index contributed by atoms with van der Waals surface area (Å²) in [6.45, 7) is 9.81. The van der Waals surface area contributed by atoms with E-state index in [1.165, 1.54) is 15.3 Å². The number of sulfonamides is 1. The van der Waals surface area contributed by atoms with E-state index >= 15 is 0 Å². The van der Waals surface area contributed by atoms with Crippen LogP contribution in [0, 0.1) is 6.92 Å². The summed E-state index contributed by atoms with van der Waals surface area (Å²) in [5.74, 6) is -0.597. The first kappa shape index (κ1) is 27.8. The van der Waals surface area contributed by atoms with Gasteiger partial charge >= 0.3 is 6.09 Å². The van der Waals surface area contributed by atoms with Gasteiger partial charge in [-0.25, -0.2) is 13.2 Å². The summed E-state index contributed by atoms with van der Waals surface area (Å²) in [7, 11) is -4.11. The van der Waals surface area contributed by atoms with Crippen molar-refractivity contribution in [3.8, 4) is 22.6 Å². The number of nitrogens with zero attached hydrogens (tertiary/aromatic N) is 2. The first-order valence-corrected chi connectivity index (χ1v) is 13.9. The van der Waals surface area contributed by atoms with Crippen LogP contribution in [-0.2, 0) is 21.2 Å². The van der Waals surface area contributed by atoms with Crippen molar-refractivity contribution in [2.45, 2.75) is 70.8 Å². The Morgan fingerprint density at radius 1 is 1.06 bits per heavy atom. The number of unbranched alkanes of at least 4 members (excludes halogenated alkanes) is 2. The van der Waals surface area contributed by atoms with Crippen molar-refractivity contribution in [1.29, 1.82) is 0 Å². The molecule has 0 aromatic heterocycles. The highest BCUT2D eigenvalue weighted by Gasteiger charge is 2.36. The largest absolute Gasteiger partial charge is 0.507 e. The third-order valence-corrected chi connectivity index (χ3v) is 8.17. The zero-order chi connectivity index (χ0) is 26.7. The molecule has 9 heteroatoms. The van der Waals surface area contributed by atoms with Gasteiger partial charge < -0.3 is 19.8 Å². The van der Waals surface area contributed by atoms with Crippen molar-refractivity contribution < 1.29 is 28.2 Å². The predicted octanol–water partition coefficient (Wildman–Crippen LogP) is 5.05. The lowest BCUT2D eigenvalue weighted by Crippen LogP contribution is -2.51. The summed E-state index contributed by atoms with van der Waals surface area (Å²) in [5, 5.41) is 22.2. The summed E-state index contributed by atoms with van der Waals surface area (Å²) in [6.07, 6.45) is 2.52. The van der Waals surface area contributed by atoms with E-state index in [2.05, 4.69) is 6.92 Å². The lowest BCUT2D eigenvalue weighted by molar-refractivity contribution is 0.0192. The Morgan fingerprint density at radius 3 is 2.31 bits per heavy atom. The molecule has 1 aliphatic rings. The Hall–Kier alpha value is -2.78. The SMILES string of the molecule is CCCCCc1cc(O)c(-c2cccc(C)c2)c(O)c1S(=O)(=O)N1CCN(C(=O)OC(C)(C)C)CC1. The minimum Gasteiger partial charge on any atom is -0.507 e. The number of rotatable bonds is 7. The zero-order valence-corrected chi connectivity index (χ0v) is 22.7. The molecule has 2 N–H and O–H groups in total. The van der Waals surface area contributed by atoms with E-state index in [1.54, 1.807) is 39.0 Å². The van der Waals surface area contributed by atoms with Gasteiger partial charge in [0.05, 0.1) is 5.56 Å². The fraction of sp³-hybridized carbons (Fsp3) is 0.519. The Labute approximate surface area is 214 Å². The smallest absolute Gasteiger partial charge is 0.410 e. The second-order valence-corrected chi connectivity index (χ2v) is 12.2. The van der Waals surface area contributed by atoms with Crippen LogP contribution in [0.1, 0.15) is 58.1 Å². The molecule has 1 fully saturated rings. The Morgan fingerprint density at radius 2 is 1.72 bits per heavy atom. The predicted molar refractivity (Wildman–Crippen MR) is 140 cm³/mol. The van der Waals surface area contributed by atoms with Gasteiger partial charge in [0.1, 0.15) is 22.0 Å². The number of benzene rings is 2. The van der Waals surface area contributed by atoms with Crippen LogP contribution < -0.4 is 0 Å². The lowest BCUT2D eigenvalue weighted by Gasteiger charge is -2.35. The number of aromatic hydroxyl groups is 2. The molecule has 0 radical (unpaired) electrons. The van der Waals surface area contributed by atoms with Crippen molar-refractivity contribution in [2.24, 2.45) is 0 Å². The number of carbonyl (C=O) groups is 1. The number of hydrogen-bond acceptors (Lipinski definition) is 6. The highest BCUT2D eigenvalue weighted by Crippen LogP contribution is 2.45. The quantitative estimate of drug-likeness (QED) is 0.497. The molecule has 1 heterocycles. The normalized spacial score (nSPS) is 15.2. The summed E-state index contributed by atoms with van der Waals surface area (Å²) in [6, 6.07) is 8.67. The van der Waals surface area contributed by atoms with Gasteiger partial charge in [0.2, 0.25) is 10.0 Å². The van der Waals surface area contributed by atoms with Crippen LogP contribution in [0.3, 0.4) is 0 Å². The average Bonchev–Trinajstić information content (AvgIpc) is 2.78. The number of phenols is 2. The lowest BCUT2D eigenvalue weighted by atomic mass is 9.97. The first-order valence-electron chi connectivity index (χ1n) is 12.5. The van der Waals surface area contributed by atoms with E-state index in [1.807, 2.05) is 13.0 Å². The van der Waals surface area contributed by atoms with Crippen LogP contribution in [0.4, 0.5) is 4.79 Å². The first-order chi connectivity index (χ1) is 16.8. The third-order valence-electron chi connectivity index (χ3n) is 6.16. The van der Waals surface area contributed by atoms with Crippen molar-refractivity contribution in [2.75, 3.05) is 26.2 Å². The van der Waals surface area contributed by atoms with Gasteiger partial charge in [-0.15, -0.1) is 0 Å².